The van der Waals surface area contributed by atoms with Crippen molar-refractivity contribution >= 4 is 48.1 Å². The summed E-state index contributed by atoms with van der Waals surface area (Å²) in [5, 5.41) is 4.15. The fourth-order valence-corrected chi connectivity index (χ4v) is 4.19. The number of sulfonamides is 2. The van der Waals surface area contributed by atoms with Gasteiger partial charge in [-0.05, 0) is 67.4 Å². The number of aryl methyl sites for hydroxylation is 1. The molecule has 0 saturated carbocycles. The van der Waals surface area contributed by atoms with Gasteiger partial charge in [-0.3, -0.25) is 9.44 Å². The largest absolute Gasteiger partial charge is 0.494 e. The van der Waals surface area contributed by atoms with Gasteiger partial charge in [-0.15, -0.1) is 0 Å². The molecule has 2 aromatic carbocycles. The summed E-state index contributed by atoms with van der Waals surface area (Å²) in [4.78, 5) is 4.58. The first kappa shape index (κ1) is 23.6. The minimum atomic E-state index is -3.34. The summed E-state index contributed by atoms with van der Waals surface area (Å²) in [5.41, 5.74) is 2.74. The van der Waals surface area contributed by atoms with E-state index in [4.69, 9.17) is 4.74 Å². The minimum absolute atomic E-state index is 0.485. The molecule has 0 bridgehead atoms. The van der Waals surface area contributed by atoms with E-state index >= 15 is 0 Å². The van der Waals surface area contributed by atoms with Crippen molar-refractivity contribution in [1.29, 1.82) is 0 Å². The average molecular weight is 479 g/mol. The summed E-state index contributed by atoms with van der Waals surface area (Å²) in [7, 11) is -6.64. The Hall–Kier alpha value is -3.05. The summed E-state index contributed by atoms with van der Waals surface area (Å²) in [5.74, 6) is 1.39. The summed E-state index contributed by atoms with van der Waals surface area (Å²) >= 11 is 0. The molecule has 172 valence electrons. The Morgan fingerprint density at radius 1 is 0.875 bits per heavy atom. The lowest BCUT2D eigenvalue weighted by molar-refractivity contribution is 0.315. The molecule has 0 aliphatic carbocycles. The van der Waals surface area contributed by atoms with Crippen molar-refractivity contribution in [1.82, 2.24) is 4.98 Å². The summed E-state index contributed by atoms with van der Waals surface area (Å²) < 4.78 is 55.9. The second-order valence-corrected chi connectivity index (χ2v) is 11.0. The van der Waals surface area contributed by atoms with Crippen molar-refractivity contribution in [2.75, 3.05) is 40.4 Å². The van der Waals surface area contributed by atoms with Crippen LogP contribution in [-0.2, 0) is 20.0 Å². The number of hydrogen-bond donors (Lipinski definition) is 3. The van der Waals surface area contributed by atoms with E-state index < -0.39 is 20.0 Å². The molecule has 0 fully saturated rings. The van der Waals surface area contributed by atoms with Crippen LogP contribution in [0.15, 0.2) is 48.5 Å². The monoisotopic (exact) mass is 478 g/mol. The molecular weight excluding hydrogens is 452 g/mol. The third kappa shape index (κ3) is 7.27. The topological polar surface area (TPSA) is 126 Å². The summed E-state index contributed by atoms with van der Waals surface area (Å²) in [6.45, 7) is 3.09. The second-order valence-electron chi connectivity index (χ2n) is 7.46. The number of aromatic nitrogens is 1. The SMILES string of the molecule is Cc1cc(NCCCOc2ccc(NS(C)(=O)=O)cc2)nc2ccc(NS(C)(=O)=O)cc12. The standard InChI is InChI=1S/C21H26N4O5S2/c1-15-13-21(23-20-10-7-17(14-19(15)20)25-32(3,28)29)22-11-4-12-30-18-8-5-16(6-9-18)24-31(2,26)27/h5-10,13-14,24-25H,4,11-12H2,1-3H3,(H,22,23). The van der Waals surface area contributed by atoms with E-state index in [0.717, 1.165) is 41.2 Å². The van der Waals surface area contributed by atoms with Crippen LogP contribution in [-0.4, -0.2) is 47.5 Å². The lowest BCUT2D eigenvalue weighted by Crippen LogP contribution is -2.10. The zero-order chi connectivity index (χ0) is 23.4. The highest BCUT2D eigenvalue weighted by Gasteiger charge is 2.07. The first-order valence-corrected chi connectivity index (χ1v) is 13.6. The molecule has 3 aromatic rings. The van der Waals surface area contributed by atoms with Crippen LogP contribution in [0.4, 0.5) is 17.2 Å². The third-order valence-corrected chi connectivity index (χ3v) is 5.59. The number of pyridine rings is 1. The smallest absolute Gasteiger partial charge is 0.229 e. The lowest BCUT2D eigenvalue weighted by atomic mass is 10.1. The summed E-state index contributed by atoms with van der Waals surface area (Å²) in [6.07, 6.45) is 2.95. The molecule has 0 aliphatic rings. The zero-order valence-electron chi connectivity index (χ0n) is 18.0. The molecule has 3 rings (SSSR count). The van der Waals surface area contributed by atoms with Crippen molar-refractivity contribution < 1.29 is 21.6 Å². The lowest BCUT2D eigenvalue weighted by Gasteiger charge is -2.11. The van der Waals surface area contributed by atoms with Gasteiger partial charge in [0.15, 0.2) is 0 Å². The molecule has 1 heterocycles. The van der Waals surface area contributed by atoms with Gasteiger partial charge in [0, 0.05) is 23.3 Å². The van der Waals surface area contributed by atoms with Gasteiger partial charge in [0.25, 0.3) is 0 Å². The van der Waals surface area contributed by atoms with Crippen LogP contribution >= 0.6 is 0 Å². The Balaban J connectivity index is 1.51. The first-order valence-electron chi connectivity index (χ1n) is 9.82. The van der Waals surface area contributed by atoms with E-state index in [1.165, 1.54) is 0 Å². The van der Waals surface area contributed by atoms with Crippen molar-refractivity contribution in [3.63, 3.8) is 0 Å². The predicted octanol–water partition coefficient (Wildman–Crippen LogP) is 3.17. The molecule has 11 heteroatoms. The van der Waals surface area contributed by atoms with E-state index in [-0.39, 0.29) is 0 Å². The molecule has 0 unspecified atom stereocenters. The highest BCUT2D eigenvalue weighted by atomic mass is 32.2. The third-order valence-electron chi connectivity index (χ3n) is 4.37. The quantitative estimate of drug-likeness (QED) is 0.382. The summed E-state index contributed by atoms with van der Waals surface area (Å²) in [6, 6.07) is 13.9. The molecule has 1 aromatic heterocycles. The normalized spacial score (nSPS) is 11.8. The molecule has 0 amide bonds. The van der Waals surface area contributed by atoms with Crippen LogP contribution in [0.5, 0.6) is 5.75 Å². The van der Waals surface area contributed by atoms with E-state index in [9.17, 15) is 16.8 Å². The van der Waals surface area contributed by atoms with Crippen LogP contribution in [0.25, 0.3) is 10.9 Å². The van der Waals surface area contributed by atoms with Crippen molar-refractivity contribution in [2.24, 2.45) is 0 Å². The fraction of sp³-hybridized carbons (Fsp3) is 0.286. The van der Waals surface area contributed by atoms with Gasteiger partial charge in [0.05, 0.1) is 24.6 Å². The maximum Gasteiger partial charge on any atom is 0.229 e. The van der Waals surface area contributed by atoms with E-state index in [1.807, 2.05) is 13.0 Å². The fourth-order valence-electron chi connectivity index (χ4n) is 3.07. The molecule has 0 saturated heterocycles. The maximum absolute atomic E-state index is 11.4. The molecule has 3 N–H and O–H groups in total. The molecule has 0 atom stereocenters. The predicted molar refractivity (Wildman–Crippen MR) is 128 cm³/mol. The van der Waals surface area contributed by atoms with Crippen molar-refractivity contribution in [3.05, 3.63) is 54.1 Å². The number of rotatable bonds is 10. The highest BCUT2D eigenvalue weighted by molar-refractivity contribution is 7.92. The Bertz CT molecular complexity index is 1310. The van der Waals surface area contributed by atoms with Crippen LogP contribution in [0.1, 0.15) is 12.0 Å². The Morgan fingerprint density at radius 2 is 1.50 bits per heavy atom. The number of anilines is 3. The van der Waals surface area contributed by atoms with Gasteiger partial charge < -0.3 is 10.1 Å². The van der Waals surface area contributed by atoms with Crippen molar-refractivity contribution in [3.8, 4) is 5.75 Å². The molecular formula is C21H26N4O5S2. The number of nitrogens with one attached hydrogen (secondary N) is 3. The number of hydrogen-bond acceptors (Lipinski definition) is 7. The van der Waals surface area contributed by atoms with Crippen LogP contribution in [0.2, 0.25) is 0 Å². The van der Waals surface area contributed by atoms with Gasteiger partial charge >= 0.3 is 0 Å². The Kier molecular flexibility index (Phi) is 7.09. The highest BCUT2D eigenvalue weighted by Crippen LogP contribution is 2.24. The molecule has 32 heavy (non-hydrogen) atoms. The number of nitrogens with zero attached hydrogens (tertiary/aromatic N) is 1. The number of ether oxygens (including phenoxy) is 1. The number of fused-ring (bicyclic) bond motifs is 1. The minimum Gasteiger partial charge on any atom is -0.494 e. The van der Waals surface area contributed by atoms with Crippen LogP contribution in [0, 0.1) is 6.92 Å². The van der Waals surface area contributed by atoms with E-state index in [0.29, 0.717) is 30.3 Å². The van der Waals surface area contributed by atoms with E-state index in [2.05, 4.69) is 19.7 Å². The van der Waals surface area contributed by atoms with Crippen LogP contribution in [0.3, 0.4) is 0 Å². The van der Waals surface area contributed by atoms with Crippen LogP contribution < -0.4 is 19.5 Å². The maximum atomic E-state index is 11.4. The average Bonchev–Trinajstić information content (AvgIpc) is 2.67. The molecule has 9 nitrogen and oxygen atoms in total. The molecule has 0 aliphatic heterocycles. The van der Waals surface area contributed by atoms with Gasteiger partial charge in [0.1, 0.15) is 11.6 Å². The van der Waals surface area contributed by atoms with Gasteiger partial charge in [-0.2, -0.15) is 0 Å². The zero-order valence-corrected chi connectivity index (χ0v) is 19.7. The molecule has 0 spiro atoms. The van der Waals surface area contributed by atoms with Gasteiger partial charge in [-0.25, -0.2) is 21.8 Å². The number of benzene rings is 2. The molecule has 0 radical (unpaired) electrons. The van der Waals surface area contributed by atoms with Gasteiger partial charge in [0.2, 0.25) is 20.0 Å². The first-order chi connectivity index (χ1) is 15.0. The van der Waals surface area contributed by atoms with Crippen molar-refractivity contribution in [2.45, 2.75) is 13.3 Å². The Labute approximate surface area is 188 Å². The van der Waals surface area contributed by atoms with E-state index in [1.54, 1.807) is 42.5 Å². The second kappa shape index (κ2) is 9.61. The van der Waals surface area contributed by atoms with Gasteiger partial charge in [-0.1, -0.05) is 0 Å². The Morgan fingerprint density at radius 3 is 2.16 bits per heavy atom.